The number of nitrogens with two attached hydrogens (primary N) is 1. The Morgan fingerprint density at radius 3 is 2.85 bits per heavy atom. The van der Waals surface area contributed by atoms with E-state index in [9.17, 15) is 4.79 Å². The molecular weight excluding hydrogens is 254 g/mol. The van der Waals surface area contributed by atoms with Gasteiger partial charge < -0.3 is 15.0 Å². The van der Waals surface area contributed by atoms with E-state index in [1.54, 1.807) is 13.3 Å². The van der Waals surface area contributed by atoms with E-state index in [0.29, 0.717) is 13.0 Å². The topological polar surface area (TPSA) is 70.1 Å². The van der Waals surface area contributed by atoms with E-state index in [-0.39, 0.29) is 5.97 Å². The van der Waals surface area contributed by atoms with Crippen molar-refractivity contribution in [1.29, 1.82) is 0 Å². The third kappa shape index (κ3) is 3.93. The highest BCUT2D eigenvalue weighted by Gasteiger charge is 2.16. The van der Waals surface area contributed by atoms with Crippen LogP contribution in [0.3, 0.4) is 0 Å². The van der Waals surface area contributed by atoms with Crippen LogP contribution >= 0.6 is 0 Å². The minimum Gasteiger partial charge on any atom is -0.465 e. The summed E-state index contributed by atoms with van der Waals surface area (Å²) in [6.45, 7) is 2.86. The average Bonchev–Trinajstić information content (AvgIpc) is 2.87. The largest absolute Gasteiger partial charge is 0.465 e. The lowest BCUT2D eigenvalue weighted by Gasteiger charge is -2.08. The number of nitrogens with zero attached hydrogens (tertiary/aromatic N) is 2. The van der Waals surface area contributed by atoms with Crippen molar-refractivity contribution < 1.29 is 9.53 Å². The van der Waals surface area contributed by atoms with E-state index in [4.69, 9.17) is 10.5 Å². The molecule has 0 saturated heterocycles. The molecule has 5 nitrogen and oxygen atoms in total. The third-order valence-corrected chi connectivity index (χ3v) is 2.91. The first kappa shape index (κ1) is 14.3. The first-order chi connectivity index (χ1) is 9.69. The van der Waals surface area contributed by atoms with E-state index in [0.717, 1.165) is 12.2 Å². The number of carbonyl (C=O) groups is 1. The standard InChI is InChI=1S/C15H19N3O2/c1-2-20-15(19)14(16)8-13-10-18(11-17-13)9-12-6-4-3-5-7-12/h3-7,10-11,14H,2,8-9,16H2,1H3/t14-/m0/s1. The third-order valence-electron chi connectivity index (χ3n) is 2.91. The lowest BCUT2D eigenvalue weighted by atomic mass is 10.2. The maximum atomic E-state index is 11.5. The Morgan fingerprint density at radius 1 is 1.40 bits per heavy atom. The van der Waals surface area contributed by atoms with E-state index < -0.39 is 6.04 Å². The predicted octanol–water partition coefficient (Wildman–Crippen LogP) is 1.36. The van der Waals surface area contributed by atoms with Crippen LogP contribution in [-0.2, 0) is 22.5 Å². The van der Waals surface area contributed by atoms with Crippen molar-refractivity contribution in [2.24, 2.45) is 5.73 Å². The zero-order valence-electron chi connectivity index (χ0n) is 11.5. The van der Waals surface area contributed by atoms with Crippen LogP contribution in [0.4, 0.5) is 0 Å². The molecule has 2 rings (SSSR count). The Hall–Kier alpha value is -2.14. The molecule has 0 aliphatic heterocycles. The Morgan fingerprint density at radius 2 is 2.15 bits per heavy atom. The fourth-order valence-corrected chi connectivity index (χ4v) is 1.95. The summed E-state index contributed by atoms with van der Waals surface area (Å²) in [6, 6.07) is 9.46. The Kier molecular flexibility index (Phi) is 4.90. The van der Waals surface area contributed by atoms with Crippen LogP contribution in [0, 0.1) is 0 Å². The van der Waals surface area contributed by atoms with Crippen molar-refractivity contribution in [2.45, 2.75) is 25.9 Å². The number of hydrogen-bond acceptors (Lipinski definition) is 4. The molecule has 0 amide bonds. The van der Waals surface area contributed by atoms with E-state index in [1.807, 2.05) is 29.0 Å². The molecule has 2 N–H and O–H groups in total. The summed E-state index contributed by atoms with van der Waals surface area (Å²) < 4.78 is 6.85. The number of carbonyl (C=O) groups excluding carboxylic acids is 1. The Bertz CT molecular complexity index is 551. The normalized spacial score (nSPS) is 12.1. The van der Waals surface area contributed by atoms with E-state index in [1.165, 1.54) is 5.56 Å². The van der Waals surface area contributed by atoms with Crippen LogP contribution in [-0.4, -0.2) is 28.2 Å². The highest BCUT2D eigenvalue weighted by atomic mass is 16.5. The van der Waals surface area contributed by atoms with Crippen LogP contribution in [0.25, 0.3) is 0 Å². The molecule has 0 bridgehead atoms. The molecule has 0 saturated carbocycles. The highest BCUT2D eigenvalue weighted by Crippen LogP contribution is 2.05. The molecular formula is C15H19N3O2. The molecule has 0 aliphatic rings. The highest BCUT2D eigenvalue weighted by molar-refractivity contribution is 5.75. The molecule has 0 aliphatic carbocycles. The number of hydrogen-bond donors (Lipinski definition) is 1. The quantitative estimate of drug-likeness (QED) is 0.807. The summed E-state index contributed by atoms with van der Waals surface area (Å²) in [4.78, 5) is 15.7. The first-order valence-corrected chi connectivity index (χ1v) is 6.66. The fourth-order valence-electron chi connectivity index (χ4n) is 1.95. The minimum absolute atomic E-state index is 0.342. The monoisotopic (exact) mass is 273 g/mol. The van der Waals surface area contributed by atoms with Gasteiger partial charge in [0.25, 0.3) is 0 Å². The van der Waals surface area contributed by atoms with Crippen molar-refractivity contribution in [1.82, 2.24) is 9.55 Å². The molecule has 106 valence electrons. The van der Waals surface area contributed by atoms with Gasteiger partial charge in [-0.2, -0.15) is 0 Å². The maximum absolute atomic E-state index is 11.5. The molecule has 5 heteroatoms. The van der Waals surface area contributed by atoms with Crippen LogP contribution in [0.15, 0.2) is 42.9 Å². The second-order valence-corrected chi connectivity index (χ2v) is 4.59. The number of rotatable bonds is 6. The SMILES string of the molecule is CCOC(=O)[C@@H](N)Cc1cn(Cc2ccccc2)cn1. The van der Waals surface area contributed by atoms with Gasteiger partial charge in [0.2, 0.25) is 0 Å². The van der Waals surface area contributed by atoms with Gasteiger partial charge in [-0.05, 0) is 12.5 Å². The number of benzene rings is 1. The van der Waals surface area contributed by atoms with E-state index in [2.05, 4.69) is 17.1 Å². The molecule has 1 aromatic heterocycles. The van der Waals surface area contributed by atoms with E-state index >= 15 is 0 Å². The smallest absolute Gasteiger partial charge is 0.323 e. The van der Waals surface area contributed by atoms with Gasteiger partial charge in [0.1, 0.15) is 6.04 Å². The van der Waals surface area contributed by atoms with Crippen molar-refractivity contribution in [3.63, 3.8) is 0 Å². The zero-order valence-corrected chi connectivity index (χ0v) is 11.5. The molecule has 1 aromatic carbocycles. The molecule has 0 unspecified atom stereocenters. The summed E-state index contributed by atoms with van der Waals surface area (Å²) >= 11 is 0. The summed E-state index contributed by atoms with van der Waals surface area (Å²) in [5.41, 5.74) is 7.77. The van der Waals surface area contributed by atoms with Crippen molar-refractivity contribution >= 4 is 5.97 Å². The molecule has 0 spiro atoms. The number of aromatic nitrogens is 2. The van der Waals surface area contributed by atoms with Gasteiger partial charge in [-0.3, -0.25) is 4.79 Å². The average molecular weight is 273 g/mol. The van der Waals surface area contributed by atoms with Gasteiger partial charge in [-0.15, -0.1) is 0 Å². The predicted molar refractivity (Wildman–Crippen MR) is 76.1 cm³/mol. The van der Waals surface area contributed by atoms with Gasteiger partial charge in [0, 0.05) is 19.2 Å². The molecule has 0 fully saturated rings. The van der Waals surface area contributed by atoms with Crippen LogP contribution in [0.5, 0.6) is 0 Å². The van der Waals surface area contributed by atoms with Crippen LogP contribution in [0.2, 0.25) is 0 Å². The number of imidazole rings is 1. The summed E-state index contributed by atoms with van der Waals surface area (Å²) in [5, 5.41) is 0. The second-order valence-electron chi connectivity index (χ2n) is 4.59. The molecule has 1 heterocycles. The minimum atomic E-state index is -0.657. The van der Waals surface area contributed by atoms with Crippen molar-refractivity contribution in [3.05, 3.63) is 54.1 Å². The van der Waals surface area contributed by atoms with Gasteiger partial charge in [0.05, 0.1) is 18.6 Å². The van der Waals surface area contributed by atoms with Gasteiger partial charge in [-0.25, -0.2) is 4.98 Å². The second kappa shape index (κ2) is 6.86. The van der Waals surface area contributed by atoms with Crippen LogP contribution < -0.4 is 5.73 Å². The summed E-state index contributed by atoms with van der Waals surface area (Å²) in [7, 11) is 0. The molecule has 20 heavy (non-hydrogen) atoms. The van der Waals surface area contributed by atoms with Crippen LogP contribution in [0.1, 0.15) is 18.2 Å². The number of esters is 1. The fraction of sp³-hybridized carbons (Fsp3) is 0.333. The molecule has 0 radical (unpaired) electrons. The lowest BCUT2D eigenvalue weighted by molar-refractivity contribution is -0.144. The van der Waals surface area contributed by atoms with Gasteiger partial charge >= 0.3 is 5.97 Å². The zero-order chi connectivity index (χ0) is 14.4. The molecule has 2 aromatic rings. The van der Waals surface area contributed by atoms with Crippen molar-refractivity contribution in [3.8, 4) is 0 Å². The van der Waals surface area contributed by atoms with Gasteiger partial charge in [0.15, 0.2) is 0 Å². The number of ether oxygens (including phenoxy) is 1. The Labute approximate surface area is 118 Å². The lowest BCUT2D eigenvalue weighted by Crippen LogP contribution is -2.34. The summed E-state index contributed by atoms with van der Waals surface area (Å²) in [5.74, 6) is -0.384. The first-order valence-electron chi connectivity index (χ1n) is 6.66. The Balaban J connectivity index is 1.94. The molecule has 1 atom stereocenters. The van der Waals surface area contributed by atoms with Crippen molar-refractivity contribution in [2.75, 3.05) is 6.61 Å². The van der Waals surface area contributed by atoms with Gasteiger partial charge in [-0.1, -0.05) is 30.3 Å². The maximum Gasteiger partial charge on any atom is 0.323 e. The summed E-state index contributed by atoms with van der Waals surface area (Å²) in [6.07, 6.45) is 4.05.